The van der Waals surface area contributed by atoms with Crippen LogP contribution in [-0.4, -0.2) is 44.4 Å². The molecular formula is C11H16ClN3O. The molecule has 16 heavy (non-hydrogen) atoms. The van der Waals surface area contributed by atoms with E-state index in [2.05, 4.69) is 15.2 Å². The number of nitrogens with zero attached hydrogens (tertiary/aromatic N) is 2. The summed E-state index contributed by atoms with van der Waals surface area (Å²) in [5, 5.41) is 3.83. The van der Waals surface area contributed by atoms with Crippen LogP contribution < -0.4 is 10.2 Å². The van der Waals surface area contributed by atoms with E-state index in [9.17, 15) is 0 Å². The lowest BCUT2D eigenvalue weighted by molar-refractivity contribution is 0.0422. The predicted molar refractivity (Wildman–Crippen MR) is 65.1 cm³/mol. The summed E-state index contributed by atoms with van der Waals surface area (Å²) in [5.74, 6) is 0. The van der Waals surface area contributed by atoms with Gasteiger partial charge in [0.1, 0.15) is 0 Å². The van der Waals surface area contributed by atoms with Crippen LogP contribution in [0.15, 0.2) is 18.5 Å². The van der Waals surface area contributed by atoms with Gasteiger partial charge in [-0.15, -0.1) is 0 Å². The Labute approximate surface area is 101 Å². The summed E-state index contributed by atoms with van der Waals surface area (Å²) in [6, 6.07) is 1.95. The third-order valence-electron chi connectivity index (χ3n) is 2.66. The molecule has 1 unspecified atom stereocenters. The fraction of sp³-hybridized carbons (Fsp3) is 0.545. The fourth-order valence-corrected chi connectivity index (χ4v) is 2.15. The van der Waals surface area contributed by atoms with E-state index in [4.69, 9.17) is 16.3 Å². The van der Waals surface area contributed by atoms with Crippen molar-refractivity contribution in [3.63, 3.8) is 0 Å². The van der Waals surface area contributed by atoms with E-state index in [1.165, 1.54) is 0 Å². The topological polar surface area (TPSA) is 37.4 Å². The van der Waals surface area contributed by atoms with Crippen molar-refractivity contribution >= 4 is 17.3 Å². The van der Waals surface area contributed by atoms with Gasteiger partial charge in [0.05, 0.1) is 23.4 Å². The normalized spacial score (nSPS) is 21.1. The summed E-state index contributed by atoms with van der Waals surface area (Å²) in [4.78, 5) is 6.24. The fourth-order valence-electron chi connectivity index (χ4n) is 1.91. The van der Waals surface area contributed by atoms with Crippen LogP contribution in [0.3, 0.4) is 0 Å². The Kier molecular flexibility index (Phi) is 3.98. The summed E-state index contributed by atoms with van der Waals surface area (Å²) >= 11 is 6.12. The van der Waals surface area contributed by atoms with E-state index < -0.39 is 0 Å². The molecule has 0 radical (unpaired) electrons. The molecule has 1 saturated heterocycles. The second-order valence-electron chi connectivity index (χ2n) is 3.82. The van der Waals surface area contributed by atoms with E-state index in [0.29, 0.717) is 5.02 Å². The van der Waals surface area contributed by atoms with Gasteiger partial charge in [0.2, 0.25) is 0 Å². The van der Waals surface area contributed by atoms with Crippen molar-refractivity contribution < 1.29 is 4.74 Å². The number of pyridine rings is 1. The van der Waals surface area contributed by atoms with Crippen molar-refractivity contribution in [3.05, 3.63) is 23.5 Å². The summed E-state index contributed by atoms with van der Waals surface area (Å²) in [7, 11) is 1.93. The zero-order valence-electron chi connectivity index (χ0n) is 9.32. The monoisotopic (exact) mass is 241 g/mol. The highest BCUT2D eigenvalue weighted by Crippen LogP contribution is 2.25. The van der Waals surface area contributed by atoms with E-state index in [1.807, 2.05) is 13.1 Å². The highest BCUT2D eigenvalue weighted by atomic mass is 35.5. The zero-order chi connectivity index (χ0) is 11.4. The minimum atomic E-state index is 0.225. The number of ether oxygens (including phenoxy) is 1. The highest BCUT2D eigenvalue weighted by Gasteiger charge is 2.21. The van der Waals surface area contributed by atoms with Crippen molar-refractivity contribution in [1.82, 2.24) is 10.3 Å². The van der Waals surface area contributed by atoms with E-state index in [1.54, 1.807) is 12.4 Å². The Bertz CT molecular complexity index is 346. The van der Waals surface area contributed by atoms with Crippen molar-refractivity contribution in [2.24, 2.45) is 0 Å². The number of aromatic nitrogens is 1. The maximum Gasteiger partial charge on any atom is 0.0874 e. The van der Waals surface area contributed by atoms with Gasteiger partial charge in [0, 0.05) is 32.0 Å². The molecule has 1 aliphatic heterocycles. The van der Waals surface area contributed by atoms with Gasteiger partial charge >= 0.3 is 0 Å². The van der Waals surface area contributed by atoms with Crippen molar-refractivity contribution in [1.29, 1.82) is 0 Å². The summed E-state index contributed by atoms with van der Waals surface area (Å²) < 4.78 is 5.65. The van der Waals surface area contributed by atoms with Gasteiger partial charge in [-0.1, -0.05) is 11.6 Å². The number of hydrogen-bond acceptors (Lipinski definition) is 4. The van der Waals surface area contributed by atoms with Crippen LogP contribution in [0.1, 0.15) is 0 Å². The van der Waals surface area contributed by atoms with Crippen molar-refractivity contribution in [2.75, 3.05) is 38.2 Å². The van der Waals surface area contributed by atoms with Crippen LogP contribution in [0.4, 0.5) is 5.69 Å². The molecule has 88 valence electrons. The molecule has 0 aromatic carbocycles. The first-order valence-electron chi connectivity index (χ1n) is 5.42. The Hall–Kier alpha value is -0.840. The Morgan fingerprint density at radius 2 is 2.56 bits per heavy atom. The van der Waals surface area contributed by atoms with Gasteiger partial charge in [-0.05, 0) is 13.1 Å². The molecule has 0 spiro atoms. The Balaban J connectivity index is 2.07. The molecule has 1 N–H and O–H groups in total. The molecule has 1 aliphatic rings. The van der Waals surface area contributed by atoms with Gasteiger partial charge in [0.25, 0.3) is 0 Å². The molecule has 0 aliphatic carbocycles. The Morgan fingerprint density at radius 3 is 3.31 bits per heavy atom. The van der Waals surface area contributed by atoms with Crippen LogP contribution >= 0.6 is 11.6 Å². The van der Waals surface area contributed by atoms with Gasteiger partial charge in [-0.3, -0.25) is 4.98 Å². The first kappa shape index (κ1) is 11.6. The van der Waals surface area contributed by atoms with Crippen molar-refractivity contribution in [2.45, 2.75) is 6.10 Å². The molecule has 1 aromatic rings. The summed E-state index contributed by atoms with van der Waals surface area (Å²) in [6.45, 7) is 3.35. The largest absolute Gasteiger partial charge is 0.373 e. The molecular weight excluding hydrogens is 226 g/mol. The number of anilines is 1. The number of likely N-dealkylation sites (N-methyl/N-ethyl adjacent to an activating group) is 1. The van der Waals surface area contributed by atoms with Gasteiger partial charge in [-0.25, -0.2) is 0 Å². The first-order chi connectivity index (χ1) is 7.81. The molecule has 1 fully saturated rings. The van der Waals surface area contributed by atoms with E-state index >= 15 is 0 Å². The van der Waals surface area contributed by atoms with Crippen LogP contribution in [-0.2, 0) is 4.74 Å². The second-order valence-corrected chi connectivity index (χ2v) is 4.23. The number of halogens is 1. The minimum absolute atomic E-state index is 0.225. The number of hydrogen-bond donors (Lipinski definition) is 1. The molecule has 2 heterocycles. The van der Waals surface area contributed by atoms with Gasteiger partial charge in [0.15, 0.2) is 0 Å². The molecule has 1 atom stereocenters. The molecule has 0 bridgehead atoms. The second kappa shape index (κ2) is 5.48. The molecule has 0 saturated carbocycles. The van der Waals surface area contributed by atoms with Crippen LogP contribution in [0, 0.1) is 0 Å². The summed E-state index contributed by atoms with van der Waals surface area (Å²) in [6.07, 6.45) is 3.67. The quantitative estimate of drug-likeness (QED) is 0.862. The van der Waals surface area contributed by atoms with Crippen LogP contribution in [0.5, 0.6) is 0 Å². The molecule has 1 aromatic heterocycles. The van der Waals surface area contributed by atoms with Crippen LogP contribution in [0.2, 0.25) is 5.02 Å². The Morgan fingerprint density at radius 1 is 1.69 bits per heavy atom. The third kappa shape index (κ3) is 2.64. The average Bonchev–Trinajstić information content (AvgIpc) is 2.30. The first-order valence-corrected chi connectivity index (χ1v) is 5.79. The summed E-state index contributed by atoms with van der Waals surface area (Å²) in [5.41, 5.74) is 1.04. The number of nitrogens with one attached hydrogen (secondary N) is 1. The molecule has 0 amide bonds. The smallest absolute Gasteiger partial charge is 0.0874 e. The van der Waals surface area contributed by atoms with E-state index in [-0.39, 0.29) is 6.10 Å². The minimum Gasteiger partial charge on any atom is -0.373 e. The lowest BCUT2D eigenvalue weighted by Crippen LogP contribution is -2.46. The number of morpholine rings is 1. The van der Waals surface area contributed by atoms with Gasteiger partial charge < -0.3 is 15.0 Å². The van der Waals surface area contributed by atoms with E-state index in [0.717, 1.165) is 31.9 Å². The third-order valence-corrected chi connectivity index (χ3v) is 2.95. The SMILES string of the molecule is CNCC1CN(c2ccncc2Cl)CCO1. The molecule has 2 rings (SSSR count). The predicted octanol–water partition coefficient (Wildman–Crippen LogP) is 1.16. The average molecular weight is 242 g/mol. The lowest BCUT2D eigenvalue weighted by atomic mass is 10.2. The standard InChI is InChI=1S/C11H16ClN3O/c1-13-6-9-8-15(4-5-16-9)11-2-3-14-7-10(11)12/h2-3,7,9,13H,4-6,8H2,1H3. The zero-order valence-corrected chi connectivity index (χ0v) is 10.1. The maximum atomic E-state index is 6.12. The highest BCUT2D eigenvalue weighted by molar-refractivity contribution is 6.33. The number of rotatable bonds is 3. The molecule has 5 heteroatoms. The molecule has 4 nitrogen and oxygen atoms in total. The van der Waals surface area contributed by atoms with Crippen molar-refractivity contribution in [3.8, 4) is 0 Å². The van der Waals surface area contributed by atoms with Gasteiger partial charge in [-0.2, -0.15) is 0 Å². The van der Waals surface area contributed by atoms with Crippen LogP contribution in [0.25, 0.3) is 0 Å². The lowest BCUT2D eigenvalue weighted by Gasteiger charge is -2.34. The maximum absolute atomic E-state index is 6.12.